The molecule has 0 unspecified atom stereocenters. The third-order valence-electron chi connectivity index (χ3n) is 3.56. The molecular weight excluding hydrogens is 330 g/mol. The Hall–Kier alpha value is -0.140. The maximum Gasteiger partial charge on any atom is 0.250 e. The molecule has 0 aliphatic rings. The molecule has 1 heterocycles. The van der Waals surface area contributed by atoms with E-state index < -0.39 is 15.6 Å². The lowest BCUT2D eigenvalue weighted by atomic mass is 9.93. The zero-order valence-electron chi connectivity index (χ0n) is 12.6. The first-order chi connectivity index (χ1) is 9.83. The van der Waals surface area contributed by atoms with Crippen LogP contribution in [0.3, 0.4) is 0 Å². The van der Waals surface area contributed by atoms with Crippen molar-refractivity contribution in [1.82, 2.24) is 4.72 Å². The van der Waals surface area contributed by atoms with E-state index in [1.807, 2.05) is 6.92 Å². The topological polar surface area (TPSA) is 66.4 Å². The fraction of sp³-hybridized carbons (Fsp3) is 0.714. The number of rotatable bonds is 10. The van der Waals surface area contributed by atoms with E-state index in [0.717, 1.165) is 37.0 Å². The first-order valence-electron chi connectivity index (χ1n) is 7.30. The lowest BCUT2D eigenvalue weighted by Crippen LogP contribution is -2.42. The van der Waals surface area contributed by atoms with Gasteiger partial charge < -0.3 is 5.11 Å². The minimum absolute atomic E-state index is 0.0352. The van der Waals surface area contributed by atoms with Gasteiger partial charge in [-0.25, -0.2) is 13.1 Å². The van der Waals surface area contributed by atoms with Gasteiger partial charge in [-0.15, -0.1) is 11.3 Å². The van der Waals surface area contributed by atoms with Gasteiger partial charge in [-0.3, -0.25) is 0 Å². The lowest BCUT2D eigenvalue weighted by molar-refractivity contribution is 0.0302. The minimum Gasteiger partial charge on any atom is -0.389 e. The fourth-order valence-electron chi connectivity index (χ4n) is 2.01. The quantitative estimate of drug-likeness (QED) is 0.629. The molecule has 21 heavy (non-hydrogen) atoms. The van der Waals surface area contributed by atoms with E-state index in [0.29, 0.717) is 17.2 Å². The highest BCUT2D eigenvalue weighted by Crippen LogP contribution is 2.26. The van der Waals surface area contributed by atoms with Gasteiger partial charge in [0.05, 0.1) is 9.94 Å². The van der Waals surface area contributed by atoms with Crippen LogP contribution < -0.4 is 4.72 Å². The summed E-state index contributed by atoms with van der Waals surface area (Å²) >= 11 is 6.77. The van der Waals surface area contributed by atoms with Crippen LogP contribution in [-0.4, -0.2) is 25.7 Å². The molecule has 0 amide bonds. The molecular formula is C14H24ClNO3S2. The summed E-state index contributed by atoms with van der Waals surface area (Å²) < 4.78 is 27.3. The van der Waals surface area contributed by atoms with E-state index in [2.05, 4.69) is 11.6 Å². The van der Waals surface area contributed by atoms with Gasteiger partial charge in [0.15, 0.2) is 0 Å². The van der Waals surface area contributed by atoms with Crippen molar-refractivity contribution in [2.75, 3.05) is 6.54 Å². The summed E-state index contributed by atoms with van der Waals surface area (Å²) in [5.74, 6) is 0. The molecule has 0 spiro atoms. The average Bonchev–Trinajstić information content (AvgIpc) is 2.89. The van der Waals surface area contributed by atoms with Crippen molar-refractivity contribution in [2.45, 2.75) is 62.2 Å². The van der Waals surface area contributed by atoms with E-state index in [1.54, 1.807) is 6.07 Å². The van der Waals surface area contributed by atoms with Gasteiger partial charge >= 0.3 is 0 Å². The molecule has 1 atom stereocenters. The summed E-state index contributed by atoms with van der Waals surface area (Å²) in [6.45, 7) is 4.04. The smallest absolute Gasteiger partial charge is 0.250 e. The van der Waals surface area contributed by atoms with Gasteiger partial charge in [-0.2, -0.15) is 0 Å². The number of hydrogen-bond acceptors (Lipinski definition) is 4. The summed E-state index contributed by atoms with van der Waals surface area (Å²) in [4.78, 5) is 0. The molecule has 1 rings (SSSR count). The molecule has 0 fully saturated rings. The molecule has 0 saturated heterocycles. The number of hydrogen-bond donors (Lipinski definition) is 2. The third-order valence-corrected chi connectivity index (χ3v) is 6.68. The highest BCUT2D eigenvalue weighted by Gasteiger charge is 2.27. The highest BCUT2D eigenvalue weighted by molar-refractivity contribution is 7.91. The zero-order chi connectivity index (χ0) is 15.9. The van der Waals surface area contributed by atoms with Gasteiger partial charge in [0.2, 0.25) is 10.0 Å². The maximum absolute atomic E-state index is 12.1. The Kier molecular flexibility index (Phi) is 7.64. The van der Waals surface area contributed by atoms with Crippen molar-refractivity contribution in [1.29, 1.82) is 0 Å². The molecule has 0 aliphatic carbocycles. The molecule has 1 aromatic rings. The van der Waals surface area contributed by atoms with Crippen LogP contribution in [0.15, 0.2) is 16.3 Å². The van der Waals surface area contributed by atoms with E-state index in [-0.39, 0.29) is 10.8 Å². The second-order valence-corrected chi connectivity index (χ2v) is 8.98. The van der Waals surface area contributed by atoms with E-state index in [4.69, 9.17) is 11.6 Å². The van der Waals surface area contributed by atoms with Crippen LogP contribution in [0.5, 0.6) is 0 Å². The minimum atomic E-state index is -3.59. The van der Waals surface area contributed by atoms with Crippen LogP contribution >= 0.6 is 22.9 Å². The van der Waals surface area contributed by atoms with Crippen LogP contribution in [0.1, 0.15) is 52.4 Å². The number of thiophene rings is 1. The molecule has 0 radical (unpaired) electrons. The van der Waals surface area contributed by atoms with Crippen molar-refractivity contribution in [3.05, 3.63) is 16.5 Å². The number of unbranched alkanes of at least 4 members (excludes halogenated alkanes) is 3. The van der Waals surface area contributed by atoms with Gasteiger partial charge in [0.1, 0.15) is 4.21 Å². The average molecular weight is 354 g/mol. The van der Waals surface area contributed by atoms with E-state index in [1.165, 1.54) is 6.07 Å². The summed E-state index contributed by atoms with van der Waals surface area (Å²) in [5.41, 5.74) is -0.984. The fourth-order valence-corrected chi connectivity index (χ4v) is 4.66. The Morgan fingerprint density at radius 3 is 2.52 bits per heavy atom. The Morgan fingerprint density at radius 1 is 1.29 bits per heavy atom. The molecule has 4 nitrogen and oxygen atoms in total. The predicted molar refractivity (Wildman–Crippen MR) is 88.5 cm³/mol. The maximum atomic E-state index is 12.1. The first-order valence-corrected chi connectivity index (χ1v) is 9.98. The largest absolute Gasteiger partial charge is 0.389 e. The van der Waals surface area contributed by atoms with Gasteiger partial charge in [0.25, 0.3) is 0 Å². The van der Waals surface area contributed by atoms with E-state index in [9.17, 15) is 13.5 Å². The van der Waals surface area contributed by atoms with Crippen molar-refractivity contribution in [2.24, 2.45) is 0 Å². The molecule has 0 saturated carbocycles. The summed E-state index contributed by atoms with van der Waals surface area (Å²) in [7, 11) is -3.59. The Balaban J connectivity index is 2.57. The Labute approximate surface area is 136 Å². The van der Waals surface area contributed by atoms with Crippen LogP contribution in [0.25, 0.3) is 0 Å². The molecule has 0 aromatic carbocycles. The normalized spacial score (nSPS) is 15.0. The van der Waals surface area contributed by atoms with Crippen LogP contribution in [0.4, 0.5) is 0 Å². The Bertz CT molecular complexity index is 530. The molecule has 7 heteroatoms. The number of sulfonamides is 1. The van der Waals surface area contributed by atoms with Crippen LogP contribution in [-0.2, 0) is 10.0 Å². The number of aliphatic hydroxyl groups is 1. The van der Waals surface area contributed by atoms with Gasteiger partial charge in [0, 0.05) is 6.54 Å². The van der Waals surface area contributed by atoms with Gasteiger partial charge in [-0.1, -0.05) is 51.1 Å². The molecule has 2 N–H and O–H groups in total. The third kappa shape index (κ3) is 6.24. The second-order valence-electron chi connectivity index (χ2n) is 5.27. The monoisotopic (exact) mass is 353 g/mol. The molecule has 1 aromatic heterocycles. The standard InChI is InChI=1S/C14H24ClNO3S2/c1-3-5-6-7-10-14(17,4-2)11-16-21(18,19)13-9-8-12(15)20-13/h8-9,16-17H,3-7,10-11H2,1-2H3/t14-/m0/s1. The van der Waals surface area contributed by atoms with E-state index >= 15 is 0 Å². The summed E-state index contributed by atoms with van der Waals surface area (Å²) in [5, 5.41) is 10.5. The lowest BCUT2D eigenvalue weighted by Gasteiger charge is -2.27. The molecule has 0 aliphatic heterocycles. The summed E-state index contributed by atoms with van der Waals surface area (Å²) in [6.07, 6.45) is 5.37. The Morgan fingerprint density at radius 2 is 2.00 bits per heavy atom. The van der Waals surface area contributed by atoms with Crippen LogP contribution in [0, 0.1) is 0 Å². The number of nitrogens with one attached hydrogen (secondary N) is 1. The van der Waals surface area contributed by atoms with Crippen molar-refractivity contribution < 1.29 is 13.5 Å². The zero-order valence-corrected chi connectivity index (χ0v) is 15.0. The predicted octanol–water partition coefficient (Wildman–Crippen LogP) is 3.79. The number of halogens is 1. The van der Waals surface area contributed by atoms with Crippen LogP contribution in [0.2, 0.25) is 4.34 Å². The SMILES string of the molecule is CCCCCC[C@@](O)(CC)CNS(=O)(=O)c1ccc(Cl)s1. The van der Waals surface area contributed by atoms with Crippen molar-refractivity contribution in [3.8, 4) is 0 Å². The van der Waals surface area contributed by atoms with Crippen molar-refractivity contribution in [3.63, 3.8) is 0 Å². The molecule has 0 bridgehead atoms. The highest BCUT2D eigenvalue weighted by atomic mass is 35.5. The summed E-state index contributed by atoms with van der Waals surface area (Å²) in [6, 6.07) is 3.03. The van der Waals surface area contributed by atoms with Crippen molar-refractivity contribution >= 4 is 33.0 Å². The second kappa shape index (κ2) is 8.48. The first kappa shape index (κ1) is 18.9. The van der Waals surface area contributed by atoms with Gasteiger partial charge in [-0.05, 0) is 25.0 Å². The molecule has 122 valence electrons.